The number of carbonyl (C=O) groups is 4. The lowest BCUT2D eigenvalue weighted by Gasteiger charge is -2.69. The van der Waals surface area contributed by atoms with Crippen LogP contribution in [0.1, 0.15) is 86.5 Å². The van der Waals surface area contributed by atoms with E-state index in [2.05, 4.69) is 27.7 Å². The van der Waals surface area contributed by atoms with Crippen LogP contribution in [0.5, 0.6) is 0 Å². The first kappa shape index (κ1) is 28.4. The van der Waals surface area contributed by atoms with E-state index in [0.29, 0.717) is 37.7 Å². The Morgan fingerprint density at radius 3 is 2.28 bits per heavy atom. The maximum absolute atomic E-state index is 14.6. The van der Waals surface area contributed by atoms with Crippen molar-refractivity contribution >= 4 is 23.3 Å². The lowest BCUT2D eigenvalue weighted by molar-refractivity contribution is -0.192. The highest BCUT2D eigenvalue weighted by Gasteiger charge is 2.73. The van der Waals surface area contributed by atoms with Crippen molar-refractivity contribution in [1.82, 2.24) is 0 Å². The van der Waals surface area contributed by atoms with Crippen LogP contribution in [0.15, 0.2) is 23.6 Å². The largest absolute Gasteiger partial charge is 0.469 e. The molecule has 8 atom stereocenters. The predicted octanol–water partition coefficient (Wildman–Crippen LogP) is 5.32. The fraction of sp³-hybridized carbons (Fsp3) is 0.750. The monoisotopic (exact) mass is 542 g/mol. The van der Waals surface area contributed by atoms with Crippen LogP contribution in [-0.2, 0) is 23.9 Å². The average Bonchev–Trinajstić information content (AvgIpc) is 2.88. The number of hydrogen-bond donors (Lipinski definition) is 1. The minimum atomic E-state index is -1.36. The van der Waals surface area contributed by atoms with E-state index in [9.17, 15) is 28.7 Å². The van der Waals surface area contributed by atoms with Crippen LogP contribution in [0.4, 0.5) is 4.39 Å². The molecule has 5 rings (SSSR count). The third kappa shape index (κ3) is 3.23. The minimum absolute atomic E-state index is 0.0293. The van der Waals surface area contributed by atoms with Crippen LogP contribution in [-0.4, -0.2) is 42.1 Å². The van der Waals surface area contributed by atoms with Gasteiger partial charge in [-0.3, -0.25) is 19.2 Å². The van der Waals surface area contributed by atoms with Crippen molar-refractivity contribution in [2.45, 2.75) is 86.5 Å². The summed E-state index contributed by atoms with van der Waals surface area (Å²) >= 11 is 0. The van der Waals surface area contributed by atoms with Gasteiger partial charge in [0.25, 0.3) is 0 Å². The summed E-state index contributed by atoms with van der Waals surface area (Å²) in [5.74, 6) is -3.13. The molecule has 1 N–H and O–H groups in total. The van der Waals surface area contributed by atoms with E-state index in [1.54, 1.807) is 19.9 Å². The van der Waals surface area contributed by atoms with Gasteiger partial charge in [0, 0.05) is 16.9 Å². The summed E-state index contributed by atoms with van der Waals surface area (Å²) in [4.78, 5) is 54.2. The molecule has 0 saturated heterocycles. The minimum Gasteiger partial charge on any atom is -0.469 e. The van der Waals surface area contributed by atoms with Gasteiger partial charge in [-0.15, -0.1) is 0 Å². The number of halogens is 1. The van der Waals surface area contributed by atoms with E-state index in [1.165, 1.54) is 7.11 Å². The average molecular weight is 543 g/mol. The number of ketones is 3. The third-order valence-corrected chi connectivity index (χ3v) is 12.9. The Balaban J connectivity index is 1.73. The predicted molar refractivity (Wildman–Crippen MR) is 143 cm³/mol. The molecular weight excluding hydrogens is 499 g/mol. The Morgan fingerprint density at radius 2 is 1.69 bits per heavy atom. The Bertz CT molecular complexity index is 1230. The van der Waals surface area contributed by atoms with Crippen LogP contribution in [0.3, 0.4) is 0 Å². The normalized spacial score (nSPS) is 47.9. The zero-order valence-electron chi connectivity index (χ0n) is 24.4. The molecule has 214 valence electrons. The summed E-state index contributed by atoms with van der Waals surface area (Å²) in [6.45, 7) is 11.5. The first-order valence-corrected chi connectivity index (χ1v) is 14.4. The second-order valence-corrected chi connectivity index (χ2v) is 14.9. The van der Waals surface area contributed by atoms with Crippen LogP contribution in [0.25, 0.3) is 0 Å². The molecule has 0 aromatic carbocycles. The number of carbonyl (C=O) groups excluding carboxylic acids is 4. The molecule has 0 aliphatic heterocycles. The van der Waals surface area contributed by atoms with Crippen molar-refractivity contribution in [3.05, 3.63) is 23.6 Å². The van der Waals surface area contributed by atoms with E-state index in [0.717, 1.165) is 12.8 Å². The molecule has 0 radical (unpaired) electrons. The van der Waals surface area contributed by atoms with E-state index in [1.807, 2.05) is 0 Å². The number of aliphatic hydroxyl groups excluding tert-OH is 1. The zero-order chi connectivity index (χ0) is 29.0. The van der Waals surface area contributed by atoms with Gasteiger partial charge >= 0.3 is 5.97 Å². The number of aliphatic hydroxyl groups is 1. The molecule has 39 heavy (non-hydrogen) atoms. The highest BCUT2D eigenvalue weighted by atomic mass is 19.1. The first-order valence-electron chi connectivity index (χ1n) is 14.4. The molecule has 5 aliphatic rings. The number of rotatable bonds is 2. The molecule has 5 aliphatic carbocycles. The zero-order valence-corrected chi connectivity index (χ0v) is 24.4. The molecule has 0 amide bonds. The van der Waals surface area contributed by atoms with Gasteiger partial charge in [-0.1, -0.05) is 34.6 Å². The quantitative estimate of drug-likeness (QED) is 0.288. The van der Waals surface area contributed by atoms with Gasteiger partial charge in [0.2, 0.25) is 11.6 Å². The van der Waals surface area contributed by atoms with Gasteiger partial charge in [0.1, 0.15) is 0 Å². The lowest BCUT2D eigenvalue weighted by Crippen LogP contribution is -2.67. The molecule has 0 heterocycles. The van der Waals surface area contributed by atoms with Crippen LogP contribution in [0.2, 0.25) is 0 Å². The second kappa shape index (κ2) is 8.43. The van der Waals surface area contributed by atoms with E-state index in [-0.39, 0.29) is 35.0 Å². The first-order chi connectivity index (χ1) is 18.0. The topological polar surface area (TPSA) is 97.7 Å². The molecule has 4 fully saturated rings. The number of Topliss-reactive ketones (excluding diaryl/α,β-unsaturated/α-hetero) is 2. The highest BCUT2D eigenvalue weighted by Crippen LogP contribution is 2.75. The molecule has 0 aromatic rings. The number of esters is 1. The van der Waals surface area contributed by atoms with Gasteiger partial charge in [0.05, 0.1) is 30.9 Å². The Labute approximate surface area is 230 Å². The van der Waals surface area contributed by atoms with Crippen molar-refractivity contribution < 1.29 is 33.4 Å². The summed E-state index contributed by atoms with van der Waals surface area (Å²) in [6, 6.07) is 0. The van der Waals surface area contributed by atoms with Crippen molar-refractivity contribution in [3.63, 3.8) is 0 Å². The van der Waals surface area contributed by atoms with E-state index < -0.39 is 57.1 Å². The highest BCUT2D eigenvalue weighted by molar-refractivity contribution is 6.46. The Kier molecular flexibility index (Phi) is 6.14. The van der Waals surface area contributed by atoms with Gasteiger partial charge in [-0.2, -0.15) is 0 Å². The molecular formula is C32H43FO6. The van der Waals surface area contributed by atoms with Crippen LogP contribution >= 0.6 is 0 Å². The standard InChI is InChI=1S/C32H43FO6/c1-27(2)10-12-32(26(38)39-7)13-11-30(5)23(18(32)15-27)20(35)14-22-29(30,4)9-8-21-28(3,17-34)25(37)24(36)19(16-33)31(21,22)6/h14,16,18,21,23,34H,8-13,15,17H2,1-7H3/t18-,21-,23-,28+,29+,30+,31-,32-/m0/s1. The summed E-state index contributed by atoms with van der Waals surface area (Å²) in [5, 5.41) is 10.4. The van der Waals surface area contributed by atoms with Crippen LogP contribution in [0, 0.1) is 50.2 Å². The van der Waals surface area contributed by atoms with Crippen molar-refractivity contribution in [2.24, 2.45) is 50.2 Å². The van der Waals surface area contributed by atoms with Gasteiger partial charge < -0.3 is 9.84 Å². The summed E-state index contributed by atoms with van der Waals surface area (Å²) < 4.78 is 20.0. The smallest absolute Gasteiger partial charge is 0.312 e. The molecule has 6 nitrogen and oxygen atoms in total. The maximum atomic E-state index is 14.6. The Hall–Kier alpha value is -2.15. The van der Waals surface area contributed by atoms with E-state index >= 15 is 0 Å². The number of fused-ring (bicyclic) bond motifs is 7. The number of ether oxygens (including phenoxy) is 1. The van der Waals surface area contributed by atoms with Gasteiger partial charge in [-0.05, 0) is 91.6 Å². The number of allylic oxidation sites excluding steroid dienone is 3. The fourth-order valence-electron chi connectivity index (χ4n) is 10.3. The fourth-order valence-corrected chi connectivity index (χ4v) is 10.3. The summed E-state index contributed by atoms with van der Waals surface area (Å²) in [5.41, 5.74) is -3.95. The second-order valence-electron chi connectivity index (χ2n) is 14.9. The molecule has 7 heteroatoms. The molecule has 4 saturated carbocycles. The molecule has 0 unspecified atom stereocenters. The number of methoxy groups -OCH3 is 1. The third-order valence-electron chi connectivity index (χ3n) is 12.9. The SMILES string of the molecule is COC(=O)[C@]12CCC(C)(C)C[C@H]1[C@H]1C(=O)C=C3[C@@]4(C)C(=CF)C(=O)C(=O)[C@](C)(CO)[C@@H]4CC[C@@]3(C)[C@]1(C)CC2. The van der Waals surface area contributed by atoms with Crippen molar-refractivity contribution in [1.29, 1.82) is 0 Å². The van der Waals surface area contributed by atoms with Gasteiger partial charge in [0.15, 0.2) is 5.78 Å². The lowest BCUT2D eigenvalue weighted by atomic mass is 9.33. The molecule has 0 aromatic heterocycles. The summed E-state index contributed by atoms with van der Waals surface area (Å²) in [7, 11) is 1.43. The Morgan fingerprint density at radius 1 is 1.05 bits per heavy atom. The number of hydrogen-bond acceptors (Lipinski definition) is 6. The maximum Gasteiger partial charge on any atom is 0.312 e. The summed E-state index contributed by atoms with van der Waals surface area (Å²) in [6.07, 6.45) is 6.58. The van der Waals surface area contributed by atoms with E-state index in [4.69, 9.17) is 4.74 Å². The molecule has 0 spiro atoms. The van der Waals surface area contributed by atoms with Crippen LogP contribution < -0.4 is 0 Å². The van der Waals surface area contributed by atoms with Crippen molar-refractivity contribution in [2.75, 3.05) is 13.7 Å². The van der Waals surface area contributed by atoms with Gasteiger partial charge in [-0.25, -0.2) is 4.39 Å². The molecule has 0 bridgehead atoms. The van der Waals surface area contributed by atoms with Crippen molar-refractivity contribution in [3.8, 4) is 0 Å².